The van der Waals surface area contributed by atoms with E-state index in [9.17, 15) is 9.18 Å². The lowest BCUT2D eigenvalue weighted by Gasteiger charge is -2.34. The van der Waals surface area contributed by atoms with Crippen molar-refractivity contribution in [2.24, 2.45) is 0 Å². The number of aliphatic hydroxyl groups is 1. The van der Waals surface area contributed by atoms with Crippen molar-refractivity contribution >= 4 is 5.91 Å². The quantitative estimate of drug-likeness (QED) is 0.849. The van der Waals surface area contributed by atoms with E-state index in [1.807, 2.05) is 6.07 Å². The molecule has 1 amide bonds. The van der Waals surface area contributed by atoms with Gasteiger partial charge in [0.15, 0.2) is 0 Å². The van der Waals surface area contributed by atoms with E-state index in [0.717, 1.165) is 0 Å². The molecule has 0 spiro atoms. The molecule has 0 saturated carbocycles. The molecule has 0 radical (unpaired) electrons. The Morgan fingerprint density at radius 2 is 1.96 bits per heavy atom. The van der Waals surface area contributed by atoms with E-state index in [1.165, 1.54) is 10.7 Å². The van der Waals surface area contributed by atoms with Gasteiger partial charge in [0.25, 0.3) is 0 Å². The number of piperazine rings is 1. The van der Waals surface area contributed by atoms with Gasteiger partial charge in [0.05, 0.1) is 12.8 Å². The lowest BCUT2D eigenvalue weighted by molar-refractivity contribution is -0.133. The molecule has 0 unspecified atom stereocenters. The monoisotopic (exact) mass is 333 g/mol. The van der Waals surface area contributed by atoms with Gasteiger partial charge in [-0.1, -0.05) is 23.4 Å². The molecule has 0 atom stereocenters. The van der Waals surface area contributed by atoms with Crippen LogP contribution < -0.4 is 0 Å². The zero-order valence-corrected chi connectivity index (χ0v) is 13.3. The highest BCUT2D eigenvalue weighted by molar-refractivity contribution is 5.76. The predicted molar refractivity (Wildman–Crippen MR) is 84.2 cm³/mol. The van der Waals surface area contributed by atoms with Crippen LogP contribution in [0.25, 0.3) is 0 Å². The van der Waals surface area contributed by atoms with E-state index in [4.69, 9.17) is 5.11 Å². The fourth-order valence-corrected chi connectivity index (χ4v) is 2.75. The zero-order valence-electron chi connectivity index (χ0n) is 13.3. The maximum Gasteiger partial charge on any atom is 0.244 e. The van der Waals surface area contributed by atoms with Gasteiger partial charge in [0.2, 0.25) is 5.91 Å². The van der Waals surface area contributed by atoms with Crippen molar-refractivity contribution < 1.29 is 14.3 Å². The average Bonchev–Trinajstić information content (AvgIpc) is 3.05. The summed E-state index contributed by atoms with van der Waals surface area (Å²) in [5.74, 6) is -0.225. The molecule has 7 nitrogen and oxygen atoms in total. The highest BCUT2D eigenvalue weighted by Gasteiger charge is 2.22. The number of hydrogen-bond donors (Lipinski definition) is 1. The van der Waals surface area contributed by atoms with Crippen molar-refractivity contribution in [3.63, 3.8) is 0 Å². The number of carbonyl (C=O) groups excluding carboxylic acids is 1. The van der Waals surface area contributed by atoms with Crippen LogP contribution in [0.1, 0.15) is 11.3 Å². The Morgan fingerprint density at radius 1 is 1.21 bits per heavy atom. The van der Waals surface area contributed by atoms with E-state index in [0.29, 0.717) is 44.0 Å². The summed E-state index contributed by atoms with van der Waals surface area (Å²) in [7, 11) is 0. The van der Waals surface area contributed by atoms with Crippen LogP contribution in [0.4, 0.5) is 4.39 Å². The third-order valence-corrected chi connectivity index (χ3v) is 4.12. The Hall–Kier alpha value is -2.32. The molecule has 1 N–H and O–H groups in total. The zero-order chi connectivity index (χ0) is 16.9. The molecule has 1 aromatic heterocycles. The predicted octanol–water partition coefficient (Wildman–Crippen LogP) is 0.254. The molecule has 1 aliphatic rings. The Balaban J connectivity index is 1.49. The Labute approximate surface area is 139 Å². The van der Waals surface area contributed by atoms with E-state index in [2.05, 4.69) is 15.2 Å². The lowest BCUT2D eigenvalue weighted by Crippen LogP contribution is -2.49. The molecule has 24 heavy (non-hydrogen) atoms. The number of halogens is 1. The fraction of sp³-hybridized carbons (Fsp3) is 0.438. The molecule has 1 aliphatic heterocycles. The first-order valence-corrected chi connectivity index (χ1v) is 7.89. The largest absolute Gasteiger partial charge is 0.390 e. The topological polar surface area (TPSA) is 74.5 Å². The van der Waals surface area contributed by atoms with Crippen molar-refractivity contribution in [1.82, 2.24) is 24.8 Å². The number of aliphatic hydroxyl groups excluding tert-OH is 1. The highest BCUT2D eigenvalue weighted by atomic mass is 19.1. The number of benzene rings is 1. The number of carbonyl (C=O) groups is 1. The Kier molecular flexibility index (Phi) is 5.17. The first-order valence-electron chi connectivity index (χ1n) is 7.89. The van der Waals surface area contributed by atoms with Crippen LogP contribution in [0.5, 0.6) is 0 Å². The van der Waals surface area contributed by atoms with Crippen LogP contribution in [0.3, 0.4) is 0 Å². The molecule has 2 heterocycles. The lowest BCUT2D eigenvalue weighted by atomic mass is 10.2. The number of amides is 1. The smallest absolute Gasteiger partial charge is 0.244 e. The van der Waals surface area contributed by atoms with Gasteiger partial charge in [-0.05, 0) is 6.07 Å². The van der Waals surface area contributed by atoms with Crippen LogP contribution in [-0.4, -0.2) is 62.0 Å². The summed E-state index contributed by atoms with van der Waals surface area (Å²) in [6.07, 6.45) is 1.56. The maximum atomic E-state index is 13.7. The average molecular weight is 333 g/mol. The Morgan fingerprint density at radius 3 is 2.62 bits per heavy atom. The van der Waals surface area contributed by atoms with Gasteiger partial charge in [-0.15, -0.1) is 5.10 Å². The van der Waals surface area contributed by atoms with Crippen molar-refractivity contribution in [2.75, 3.05) is 26.2 Å². The minimum atomic E-state index is -0.193. The molecular formula is C16H20FN5O2. The van der Waals surface area contributed by atoms with Gasteiger partial charge in [-0.2, -0.15) is 0 Å². The summed E-state index contributed by atoms with van der Waals surface area (Å²) >= 11 is 0. The van der Waals surface area contributed by atoms with Crippen molar-refractivity contribution in [2.45, 2.75) is 19.7 Å². The highest BCUT2D eigenvalue weighted by Crippen LogP contribution is 2.12. The second-order valence-corrected chi connectivity index (χ2v) is 5.81. The summed E-state index contributed by atoms with van der Waals surface area (Å²) < 4.78 is 15.1. The van der Waals surface area contributed by atoms with Crippen molar-refractivity contribution in [3.8, 4) is 0 Å². The van der Waals surface area contributed by atoms with Gasteiger partial charge in [0.1, 0.15) is 18.1 Å². The normalized spacial score (nSPS) is 15.7. The van der Waals surface area contributed by atoms with E-state index in [-0.39, 0.29) is 24.9 Å². The molecule has 1 aromatic carbocycles. The molecule has 0 aliphatic carbocycles. The summed E-state index contributed by atoms with van der Waals surface area (Å²) in [6.45, 7) is 3.10. The fourth-order valence-electron chi connectivity index (χ4n) is 2.75. The van der Waals surface area contributed by atoms with Crippen LogP contribution in [0.15, 0.2) is 30.5 Å². The van der Waals surface area contributed by atoms with E-state index < -0.39 is 0 Å². The van der Waals surface area contributed by atoms with Gasteiger partial charge >= 0.3 is 0 Å². The maximum absolute atomic E-state index is 13.7. The minimum Gasteiger partial charge on any atom is -0.390 e. The van der Waals surface area contributed by atoms with Crippen molar-refractivity contribution in [3.05, 3.63) is 47.5 Å². The molecule has 3 rings (SSSR count). The number of aromatic nitrogens is 3. The third kappa shape index (κ3) is 3.95. The molecule has 1 saturated heterocycles. The molecular weight excluding hydrogens is 313 g/mol. The molecule has 1 fully saturated rings. The second kappa shape index (κ2) is 7.50. The SMILES string of the molecule is O=C(Cn1cc(CO)nn1)N1CCN(Cc2ccccc2F)CC1. The third-order valence-electron chi connectivity index (χ3n) is 4.12. The molecule has 0 bridgehead atoms. The van der Waals surface area contributed by atoms with Crippen molar-refractivity contribution in [1.29, 1.82) is 0 Å². The summed E-state index contributed by atoms with van der Waals surface area (Å²) in [6, 6.07) is 6.77. The van der Waals surface area contributed by atoms with E-state index >= 15 is 0 Å². The first kappa shape index (κ1) is 16.5. The summed E-state index contributed by atoms with van der Waals surface area (Å²) in [5.41, 5.74) is 1.12. The number of rotatable bonds is 5. The second-order valence-electron chi connectivity index (χ2n) is 5.81. The number of nitrogens with zero attached hydrogens (tertiary/aromatic N) is 5. The first-order chi connectivity index (χ1) is 11.7. The molecule has 2 aromatic rings. The van der Waals surface area contributed by atoms with Gasteiger partial charge in [-0.25, -0.2) is 9.07 Å². The standard InChI is InChI=1S/C16H20FN5O2/c17-15-4-2-1-3-13(15)9-20-5-7-21(8-6-20)16(24)11-22-10-14(12-23)18-19-22/h1-4,10,23H,5-9,11-12H2. The molecule has 128 valence electrons. The Bertz CT molecular complexity index is 697. The van der Waals surface area contributed by atoms with Crippen LogP contribution in [0, 0.1) is 5.82 Å². The summed E-state index contributed by atoms with van der Waals surface area (Å²) in [4.78, 5) is 16.2. The van der Waals surface area contributed by atoms with E-state index in [1.54, 1.807) is 23.2 Å². The van der Waals surface area contributed by atoms with Crippen LogP contribution in [0.2, 0.25) is 0 Å². The molecule has 8 heteroatoms. The number of hydrogen-bond acceptors (Lipinski definition) is 5. The van der Waals surface area contributed by atoms with Gasteiger partial charge < -0.3 is 10.0 Å². The van der Waals surface area contributed by atoms with Gasteiger partial charge in [-0.3, -0.25) is 9.69 Å². The van der Waals surface area contributed by atoms with Crippen LogP contribution in [-0.2, 0) is 24.5 Å². The van der Waals surface area contributed by atoms with Gasteiger partial charge in [0, 0.05) is 38.3 Å². The minimum absolute atomic E-state index is 0.0325. The summed E-state index contributed by atoms with van der Waals surface area (Å²) in [5, 5.41) is 16.5. The van der Waals surface area contributed by atoms with Crippen LogP contribution >= 0.6 is 0 Å².